The molecule has 7 nitrogen and oxygen atoms in total. The molecule has 1 aromatic heterocycles. The minimum atomic E-state index is -4.00. The smallest absolute Gasteiger partial charge is 0.261 e. The molecule has 3 aromatic rings. The van der Waals surface area contributed by atoms with Gasteiger partial charge in [-0.05, 0) is 49.4 Å². The summed E-state index contributed by atoms with van der Waals surface area (Å²) >= 11 is 6.05. The van der Waals surface area contributed by atoms with Crippen molar-refractivity contribution in [3.8, 4) is 0 Å². The van der Waals surface area contributed by atoms with Crippen LogP contribution in [0.5, 0.6) is 0 Å². The molecule has 0 bridgehead atoms. The number of benzene rings is 2. The van der Waals surface area contributed by atoms with Crippen molar-refractivity contribution >= 4 is 39.0 Å². The van der Waals surface area contributed by atoms with Crippen LogP contribution in [0.25, 0.3) is 0 Å². The van der Waals surface area contributed by atoms with E-state index in [1.807, 2.05) is 0 Å². The number of sulfonamides is 1. The Morgan fingerprint density at radius 3 is 2.48 bits per heavy atom. The van der Waals surface area contributed by atoms with Crippen LogP contribution in [-0.2, 0) is 10.0 Å². The molecule has 0 atom stereocenters. The van der Waals surface area contributed by atoms with E-state index in [-0.39, 0.29) is 21.2 Å². The normalized spacial score (nSPS) is 11.2. The number of aryl methyl sites for hydroxylation is 1. The van der Waals surface area contributed by atoms with Crippen LogP contribution in [0.15, 0.2) is 53.4 Å². The van der Waals surface area contributed by atoms with Crippen molar-refractivity contribution in [1.82, 2.24) is 10.2 Å². The van der Waals surface area contributed by atoms with Crippen LogP contribution in [0.1, 0.15) is 16.1 Å². The lowest BCUT2D eigenvalue weighted by Gasteiger charge is -2.11. The zero-order valence-electron chi connectivity index (χ0n) is 14.0. The van der Waals surface area contributed by atoms with Crippen molar-refractivity contribution in [1.29, 1.82) is 0 Å². The van der Waals surface area contributed by atoms with Crippen molar-refractivity contribution in [2.75, 3.05) is 10.0 Å². The molecule has 0 aliphatic rings. The second-order valence-corrected chi connectivity index (χ2v) is 7.73. The van der Waals surface area contributed by atoms with Gasteiger partial charge in [0.05, 0.1) is 15.6 Å². The third kappa shape index (κ3) is 4.44. The first-order valence-corrected chi connectivity index (χ1v) is 9.52. The molecule has 0 fully saturated rings. The summed E-state index contributed by atoms with van der Waals surface area (Å²) in [6.07, 6.45) is 0. The molecule has 3 rings (SSSR count). The average molecular weight is 409 g/mol. The fourth-order valence-electron chi connectivity index (χ4n) is 2.23. The number of rotatable bonds is 5. The molecule has 0 aliphatic heterocycles. The number of carbonyl (C=O) groups is 1. The fraction of sp³-hybridized carbons (Fsp3) is 0.0588. The predicted octanol–water partition coefficient (Wildman–Crippen LogP) is 3.56. The molecule has 10 heteroatoms. The number of aromatic nitrogens is 2. The summed E-state index contributed by atoms with van der Waals surface area (Å²) < 4.78 is 40.2. The van der Waals surface area contributed by atoms with Gasteiger partial charge < -0.3 is 5.32 Å². The number of nitrogens with one attached hydrogen (secondary N) is 3. The summed E-state index contributed by atoms with van der Waals surface area (Å²) in [5, 5.41) is 9.28. The van der Waals surface area contributed by atoms with Crippen LogP contribution >= 0.6 is 11.6 Å². The number of halogens is 2. The Balaban J connectivity index is 1.84. The van der Waals surface area contributed by atoms with Gasteiger partial charge in [0.1, 0.15) is 5.82 Å². The first-order chi connectivity index (χ1) is 12.7. The Morgan fingerprint density at radius 2 is 1.85 bits per heavy atom. The highest BCUT2D eigenvalue weighted by molar-refractivity contribution is 7.92. The molecule has 0 unspecified atom stereocenters. The summed E-state index contributed by atoms with van der Waals surface area (Å²) in [6.45, 7) is 1.79. The molecule has 1 heterocycles. The number of carbonyl (C=O) groups excluding carboxylic acids is 1. The topological polar surface area (TPSA) is 104 Å². The van der Waals surface area contributed by atoms with Gasteiger partial charge in [-0.15, -0.1) is 0 Å². The number of amides is 1. The number of aromatic amines is 1. The van der Waals surface area contributed by atoms with Gasteiger partial charge in [0.2, 0.25) is 0 Å². The van der Waals surface area contributed by atoms with E-state index in [0.717, 1.165) is 30.0 Å². The van der Waals surface area contributed by atoms with Crippen molar-refractivity contribution in [3.05, 3.63) is 70.6 Å². The highest BCUT2D eigenvalue weighted by Crippen LogP contribution is 2.26. The number of H-pyrrole nitrogens is 1. The maximum atomic E-state index is 13.0. The van der Waals surface area contributed by atoms with E-state index < -0.39 is 21.7 Å². The second kappa shape index (κ2) is 7.37. The molecule has 0 saturated heterocycles. The van der Waals surface area contributed by atoms with Crippen molar-refractivity contribution in [3.63, 3.8) is 0 Å². The van der Waals surface area contributed by atoms with Crippen LogP contribution in [-0.4, -0.2) is 24.5 Å². The molecule has 0 radical (unpaired) electrons. The van der Waals surface area contributed by atoms with E-state index in [2.05, 4.69) is 20.2 Å². The lowest BCUT2D eigenvalue weighted by atomic mass is 10.2. The monoisotopic (exact) mass is 408 g/mol. The van der Waals surface area contributed by atoms with Crippen LogP contribution < -0.4 is 10.0 Å². The van der Waals surface area contributed by atoms with Gasteiger partial charge in [0, 0.05) is 17.3 Å². The number of nitrogens with zero attached hydrogens (tertiary/aromatic N) is 1. The van der Waals surface area contributed by atoms with Crippen molar-refractivity contribution in [2.45, 2.75) is 11.8 Å². The Labute approximate surface area is 159 Å². The Morgan fingerprint density at radius 1 is 1.15 bits per heavy atom. The van der Waals surface area contributed by atoms with E-state index >= 15 is 0 Å². The lowest BCUT2D eigenvalue weighted by molar-refractivity contribution is 0.102. The maximum Gasteiger partial charge on any atom is 0.261 e. The van der Waals surface area contributed by atoms with Gasteiger partial charge >= 0.3 is 0 Å². The predicted molar refractivity (Wildman–Crippen MR) is 99.9 cm³/mol. The number of hydrogen-bond acceptors (Lipinski definition) is 4. The minimum absolute atomic E-state index is 0.0202. The van der Waals surface area contributed by atoms with E-state index in [1.165, 1.54) is 18.2 Å². The minimum Gasteiger partial charge on any atom is -0.305 e. The molecule has 0 aliphatic carbocycles. The molecular weight excluding hydrogens is 395 g/mol. The second-order valence-electron chi connectivity index (χ2n) is 5.64. The molecule has 2 aromatic carbocycles. The van der Waals surface area contributed by atoms with Crippen LogP contribution in [0.3, 0.4) is 0 Å². The molecular formula is C17H14ClFN4O3S. The summed E-state index contributed by atoms with van der Waals surface area (Å²) in [5.41, 5.74) is 0.970. The zero-order chi connectivity index (χ0) is 19.6. The SMILES string of the molecule is Cc1cc(NC(=O)c2ccc(Cl)c(NS(=O)(=O)c3ccc(F)cc3)c2)n[nH]1. The number of anilines is 2. The third-order valence-electron chi connectivity index (χ3n) is 3.54. The standard InChI is InChI=1S/C17H14ClFN4O3S/c1-10-8-16(22-21-10)20-17(24)11-2-7-14(18)15(9-11)23-27(25,26)13-5-3-12(19)4-6-13/h2-9,23H,1H3,(H2,20,21,22,24). The molecule has 3 N–H and O–H groups in total. The highest BCUT2D eigenvalue weighted by Gasteiger charge is 2.18. The quantitative estimate of drug-likeness (QED) is 0.600. The first-order valence-electron chi connectivity index (χ1n) is 7.66. The molecule has 27 heavy (non-hydrogen) atoms. The summed E-state index contributed by atoms with van der Waals surface area (Å²) in [7, 11) is -4.00. The first kappa shape index (κ1) is 18.9. The molecule has 1 amide bonds. The van der Waals surface area contributed by atoms with Crippen LogP contribution in [0, 0.1) is 12.7 Å². The van der Waals surface area contributed by atoms with E-state index in [4.69, 9.17) is 11.6 Å². The average Bonchev–Trinajstić information content (AvgIpc) is 3.02. The highest BCUT2D eigenvalue weighted by atomic mass is 35.5. The van der Waals surface area contributed by atoms with Crippen molar-refractivity contribution in [2.24, 2.45) is 0 Å². The largest absolute Gasteiger partial charge is 0.305 e. The number of hydrogen-bond donors (Lipinski definition) is 3. The Hall–Kier alpha value is -2.91. The zero-order valence-corrected chi connectivity index (χ0v) is 15.5. The summed E-state index contributed by atoms with van der Waals surface area (Å²) in [4.78, 5) is 12.2. The maximum absolute atomic E-state index is 13.0. The third-order valence-corrected chi connectivity index (χ3v) is 5.26. The lowest BCUT2D eigenvalue weighted by Crippen LogP contribution is -2.15. The van der Waals surface area contributed by atoms with Gasteiger partial charge in [0.15, 0.2) is 5.82 Å². The summed E-state index contributed by atoms with van der Waals surface area (Å²) in [6, 6.07) is 10.1. The van der Waals surface area contributed by atoms with E-state index in [1.54, 1.807) is 13.0 Å². The van der Waals surface area contributed by atoms with Gasteiger partial charge in [-0.1, -0.05) is 11.6 Å². The van der Waals surface area contributed by atoms with E-state index in [0.29, 0.717) is 5.82 Å². The van der Waals surface area contributed by atoms with Gasteiger partial charge in [-0.2, -0.15) is 5.10 Å². The summed E-state index contributed by atoms with van der Waals surface area (Å²) in [5.74, 6) is -0.708. The molecule has 0 saturated carbocycles. The Bertz CT molecular complexity index is 1100. The van der Waals surface area contributed by atoms with Gasteiger partial charge in [-0.25, -0.2) is 12.8 Å². The molecule has 140 valence electrons. The Kier molecular flexibility index (Phi) is 5.15. The van der Waals surface area contributed by atoms with Crippen LogP contribution in [0.2, 0.25) is 5.02 Å². The van der Waals surface area contributed by atoms with E-state index in [9.17, 15) is 17.6 Å². The van der Waals surface area contributed by atoms with Gasteiger partial charge in [0.25, 0.3) is 15.9 Å². The molecule has 0 spiro atoms. The van der Waals surface area contributed by atoms with Crippen LogP contribution in [0.4, 0.5) is 15.9 Å². The fourth-order valence-corrected chi connectivity index (χ4v) is 3.52. The van der Waals surface area contributed by atoms with Crippen molar-refractivity contribution < 1.29 is 17.6 Å². The van der Waals surface area contributed by atoms with Gasteiger partial charge in [-0.3, -0.25) is 14.6 Å².